The molecular weight excluding hydrogens is 606 g/mol. The standard InChI is InChI=1S/C30H44ClN7O5S/c1-5-22-19-37(28-26(31)34-24(27(32)35-28)29(39)33-13-6-18-44(4,41)42)16-17-38(22)23-11-14-36(15-12-23)25(30(40)43-3)21-9-7-20(2)8-10-21/h7-10,22-23,25H,5-6,11-19H2,1-4H3,(H2,32,35)(H,33,39)/t22-,25-/m0/s1. The molecule has 0 saturated carbocycles. The summed E-state index contributed by atoms with van der Waals surface area (Å²) in [6.45, 7) is 8.12. The molecular formula is C30H44ClN7O5S. The topological polar surface area (TPSA) is 151 Å². The summed E-state index contributed by atoms with van der Waals surface area (Å²) in [6.07, 6.45) is 4.25. The average molecular weight is 650 g/mol. The number of esters is 1. The Balaban J connectivity index is 1.37. The minimum Gasteiger partial charge on any atom is -0.468 e. The molecule has 2 fully saturated rings. The highest BCUT2D eigenvalue weighted by Gasteiger charge is 2.37. The molecule has 0 unspecified atom stereocenters. The van der Waals surface area contributed by atoms with Crippen molar-refractivity contribution in [3.63, 3.8) is 0 Å². The molecule has 3 N–H and O–H groups in total. The molecule has 1 aromatic carbocycles. The minimum atomic E-state index is -3.11. The number of nitrogens with zero attached hydrogens (tertiary/aromatic N) is 5. The van der Waals surface area contributed by atoms with Crippen LogP contribution in [0.2, 0.25) is 5.15 Å². The molecule has 14 heteroatoms. The largest absolute Gasteiger partial charge is 0.468 e. The van der Waals surface area contributed by atoms with Gasteiger partial charge in [-0.2, -0.15) is 0 Å². The van der Waals surface area contributed by atoms with E-state index in [0.717, 1.165) is 56.3 Å². The third kappa shape index (κ3) is 8.38. The number of methoxy groups -OCH3 is 1. The molecule has 1 amide bonds. The molecule has 0 spiro atoms. The monoisotopic (exact) mass is 649 g/mol. The Hall–Kier alpha value is -3.00. The van der Waals surface area contributed by atoms with E-state index in [4.69, 9.17) is 22.1 Å². The molecule has 2 saturated heterocycles. The number of piperazine rings is 1. The molecule has 0 radical (unpaired) electrons. The second kappa shape index (κ2) is 14.9. The number of carbonyl (C=O) groups excluding carboxylic acids is 2. The Kier molecular flexibility index (Phi) is 11.4. The van der Waals surface area contributed by atoms with Gasteiger partial charge in [0.25, 0.3) is 5.91 Å². The molecule has 2 aromatic rings. The average Bonchev–Trinajstić information content (AvgIpc) is 3.00. The molecule has 0 bridgehead atoms. The summed E-state index contributed by atoms with van der Waals surface area (Å²) in [5.74, 6) is -0.387. The summed E-state index contributed by atoms with van der Waals surface area (Å²) in [4.78, 5) is 41.0. The molecule has 4 rings (SSSR count). The predicted octanol–water partition coefficient (Wildman–Crippen LogP) is 2.46. The van der Waals surface area contributed by atoms with Gasteiger partial charge < -0.3 is 20.7 Å². The van der Waals surface area contributed by atoms with E-state index < -0.39 is 21.8 Å². The number of sulfone groups is 1. The van der Waals surface area contributed by atoms with Crippen molar-refractivity contribution in [2.24, 2.45) is 0 Å². The van der Waals surface area contributed by atoms with Gasteiger partial charge in [0.15, 0.2) is 22.5 Å². The molecule has 12 nitrogen and oxygen atoms in total. The molecule has 2 atom stereocenters. The lowest BCUT2D eigenvalue weighted by Gasteiger charge is -2.48. The van der Waals surface area contributed by atoms with E-state index in [1.807, 2.05) is 31.2 Å². The molecule has 2 aliphatic heterocycles. The van der Waals surface area contributed by atoms with Crippen LogP contribution < -0.4 is 16.0 Å². The first-order valence-corrected chi connectivity index (χ1v) is 17.5. The van der Waals surface area contributed by atoms with Crippen molar-refractivity contribution in [1.29, 1.82) is 0 Å². The van der Waals surface area contributed by atoms with Crippen LogP contribution in [0.3, 0.4) is 0 Å². The van der Waals surface area contributed by atoms with Crippen LogP contribution in [0.4, 0.5) is 11.6 Å². The normalized spacial score (nSPS) is 19.5. The highest BCUT2D eigenvalue weighted by Crippen LogP contribution is 2.32. The number of anilines is 2. The van der Waals surface area contributed by atoms with Gasteiger partial charge in [0, 0.05) is 57.6 Å². The third-order valence-corrected chi connectivity index (χ3v) is 9.79. The molecule has 44 heavy (non-hydrogen) atoms. The number of nitrogens with two attached hydrogens (primary N) is 1. The number of piperidine rings is 1. The van der Waals surface area contributed by atoms with E-state index in [2.05, 4.69) is 36.9 Å². The van der Waals surface area contributed by atoms with E-state index in [0.29, 0.717) is 24.9 Å². The summed E-state index contributed by atoms with van der Waals surface area (Å²) in [7, 11) is -1.67. The second-order valence-electron chi connectivity index (χ2n) is 11.7. The first-order valence-electron chi connectivity index (χ1n) is 15.1. The number of aryl methyl sites for hydroxylation is 1. The molecule has 242 valence electrons. The first kappa shape index (κ1) is 33.9. The number of carbonyl (C=O) groups is 2. The fourth-order valence-electron chi connectivity index (χ4n) is 6.14. The second-order valence-corrected chi connectivity index (χ2v) is 14.3. The van der Waals surface area contributed by atoms with Crippen LogP contribution in [0.1, 0.15) is 60.3 Å². The molecule has 1 aromatic heterocycles. The van der Waals surface area contributed by atoms with Crippen molar-refractivity contribution in [1.82, 2.24) is 25.1 Å². The summed E-state index contributed by atoms with van der Waals surface area (Å²) in [5, 5.41) is 2.73. The Morgan fingerprint density at radius 1 is 1.14 bits per heavy atom. The van der Waals surface area contributed by atoms with E-state index >= 15 is 0 Å². The maximum atomic E-state index is 12.8. The summed E-state index contributed by atoms with van der Waals surface area (Å²) in [6, 6.07) is 8.31. The zero-order valence-electron chi connectivity index (χ0n) is 26.0. The van der Waals surface area contributed by atoms with Crippen molar-refractivity contribution in [2.45, 2.75) is 57.7 Å². The number of nitrogen functional groups attached to an aromatic ring is 1. The molecule has 0 aliphatic carbocycles. The van der Waals surface area contributed by atoms with Gasteiger partial charge >= 0.3 is 5.97 Å². The van der Waals surface area contributed by atoms with E-state index in [1.165, 1.54) is 7.11 Å². The van der Waals surface area contributed by atoms with Crippen LogP contribution in [-0.2, 0) is 19.4 Å². The minimum absolute atomic E-state index is 0.0263. The number of likely N-dealkylation sites (tertiary alicyclic amines) is 1. The van der Waals surface area contributed by atoms with Crippen LogP contribution >= 0.6 is 11.6 Å². The Morgan fingerprint density at radius 3 is 2.43 bits per heavy atom. The Morgan fingerprint density at radius 2 is 1.82 bits per heavy atom. The van der Waals surface area contributed by atoms with Crippen LogP contribution in [-0.4, -0.2) is 111 Å². The maximum Gasteiger partial charge on any atom is 0.327 e. The third-order valence-electron chi connectivity index (χ3n) is 8.51. The number of hydrogen-bond donors (Lipinski definition) is 2. The van der Waals surface area contributed by atoms with E-state index in [-0.39, 0.29) is 47.4 Å². The summed E-state index contributed by atoms with van der Waals surface area (Å²) in [5.41, 5.74) is 8.16. The maximum absolute atomic E-state index is 12.8. The fraction of sp³-hybridized carbons (Fsp3) is 0.600. The van der Waals surface area contributed by atoms with Crippen molar-refractivity contribution >= 4 is 45.0 Å². The van der Waals surface area contributed by atoms with Gasteiger partial charge in [0.05, 0.1) is 12.9 Å². The van der Waals surface area contributed by atoms with Gasteiger partial charge in [-0.3, -0.25) is 14.6 Å². The Labute approximate surface area is 265 Å². The number of aromatic nitrogens is 2. The van der Waals surface area contributed by atoms with Crippen molar-refractivity contribution in [3.8, 4) is 0 Å². The van der Waals surface area contributed by atoms with Gasteiger partial charge in [-0.15, -0.1) is 0 Å². The van der Waals surface area contributed by atoms with Crippen molar-refractivity contribution in [3.05, 3.63) is 46.2 Å². The van der Waals surface area contributed by atoms with Crippen molar-refractivity contribution < 1.29 is 22.7 Å². The molecule has 2 aliphatic rings. The highest BCUT2D eigenvalue weighted by molar-refractivity contribution is 7.90. The van der Waals surface area contributed by atoms with Crippen LogP contribution in [0.25, 0.3) is 0 Å². The molecule has 3 heterocycles. The SMILES string of the molecule is CC[C@H]1CN(c2nc(N)c(C(=O)NCCCS(C)(=O)=O)nc2Cl)CCN1C1CCN([C@H](C(=O)OC)c2ccc(C)cc2)CC1. The van der Waals surface area contributed by atoms with Crippen LogP contribution in [0.15, 0.2) is 24.3 Å². The number of benzene rings is 1. The number of amides is 1. The van der Waals surface area contributed by atoms with Gasteiger partial charge in [-0.25, -0.2) is 23.2 Å². The van der Waals surface area contributed by atoms with Gasteiger partial charge in [0.2, 0.25) is 0 Å². The van der Waals surface area contributed by atoms with Crippen molar-refractivity contribution in [2.75, 3.05) is 69.0 Å². The Bertz CT molecular complexity index is 1420. The van der Waals surface area contributed by atoms with Gasteiger partial charge in [0.1, 0.15) is 15.9 Å². The van der Waals surface area contributed by atoms with Gasteiger partial charge in [-0.1, -0.05) is 48.4 Å². The lowest BCUT2D eigenvalue weighted by Crippen LogP contribution is -2.59. The number of ether oxygens (including phenoxy) is 1. The lowest BCUT2D eigenvalue weighted by molar-refractivity contribution is -0.148. The summed E-state index contributed by atoms with van der Waals surface area (Å²) < 4.78 is 27.8. The fourth-order valence-corrected chi connectivity index (χ4v) is 7.06. The number of hydrogen-bond acceptors (Lipinski definition) is 11. The quantitative estimate of drug-likeness (QED) is 0.273. The van der Waals surface area contributed by atoms with Gasteiger partial charge in [-0.05, 0) is 38.2 Å². The zero-order valence-corrected chi connectivity index (χ0v) is 27.5. The van der Waals surface area contributed by atoms with Crippen LogP contribution in [0, 0.1) is 6.92 Å². The highest BCUT2D eigenvalue weighted by atomic mass is 35.5. The smallest absolute Gasteiger partial charge is 0.327 e. The van der Waals surface area contributed by atoms with E-state index in [1.54, 1.807) is 0 Å². The predicted molar refractivity (Wildman–Crippen MR) is 172 cm³/mol. The summed E-state index contributed by atoms with van der Waals surface area (Å²) >= 11 is 6.53. The van der Waals surface area contributed by atoms with Crippen LogP contribution in [0.5, 0.6) is 0 Å². The van der Waals surface area contributed by atoms with E-state index in [9.17, 15) is 18.0 Å². The lowest BCUT2D eigenvalue weighted by atomic mass is 9.95. The number of nitrogens with one attached hydrogen (secondary N) is 1. The number of rotatable bonds is 11. The first-order chi connectivity index (χ1) is 20.9. The number of halogens is 1. The zero-order chi connectivity index (χ0) is 32.0.